The summed E-state index contributed by atoms with van der Waals surface area (Å²) in [5, 5.41) is 9.14. The third kappa shape index (κ3) is 5.42. The second-order valence-corrected chi connectivity index (χ2v) is 13.5. The molecule has 2 bridgehead atoms. The number of hydrogen-bond acceptors (Lipinski definition) is 6. The third-order valence-electron chi connectivity index (χ3n) is 8.54. The van der Waals surface area contributed by atoms with Gasteiger partial charge in [0.05, 0.1) is 23.2 Å². The largest absolute Gasteiger partial charge is 0.465 e. The number of carbonyl (C=O) groups excluding carboxylic acids is 3. The fourth-order valence-electron chi connectivity index (χ4n) is 6.94. The lowest BCUT2D eigenvalue weighted by Gasteiger charge is -2.41. The van der Waals surface area contributed by atoms with Gasteiger partial charge in [-0.2, -0.15) is 0 Å². The molecule has 206 valence electrons. The van der Waals surface area contributed by atoms with Crippen molar-refractivity contribution >= 4 is 45.5 Å². The minimum absolute atomic E-state index is 0.00154. The molecule has 3 saturated heterocycles. The average molecular weight is 598 g/mol. The fraction of sp³-hybridized carbons (Fsp3) is 0.750. The van der Waals surface area contributed by atoms with Gasteiger partial charge in [-0.15, -0.1) is 24.9 Å². The van der Waals surface area contributed by atoms with Crippen LogP contribution in [0.5, 0.6) is 0 Å². The molecule has 4 rings (SSSR count). The molecule has 2 amide bonds. The van der Waals surface area contributed by atoms with E-state index in [1.807, 2.05) is 4.90 Å². The predicted molar refractivity (Wildman–Crippen MR) is 149 cm³/mol. The summed E-state index contributed by atoms with van der Waals surface area (Å²) in [4.78, 5) is 45.7. The molecule has 9 heteroatoms. The van der Waals surface area contributed by atoms with Gasteiger partial charge in [0.25, 0.3) is 0 Å². The minimum atomic E-state index is -0.653. The van der Waals surface area contributed by atoms with Crippen LogP contribution in [0, 0.1) is 11.8 Å². The second-order valence-electron chi connectivity index (χ2n) is 10.8. The van der Waals surface area contributed by atoms with Crippen LogP contribution in [0.1, 0.15) is 64.2 Å². The molecule has 0 aromatic heterocycles. The zero-order chi connectivity index (χ0) is 26.6. The summed E-state index contributed by atoms with van der Waals surface area (Å²) in [5.74, 6) is -1.56. The Labute approximate surface area is 233 Å². The molecule has 1 saturated carbocycles. The SMILES string of the molecule is C=CCCOC(=O)[C@H]1[C@H]2C(=O)N(CCCCCO)C(C(=O)N(CC=C)C3CCCCC3)C23CC(Br)[C@@H]1S3. The number of esters is 1. The highest BCUT2D eigenvalue weighted by atomic mass is 79.9. The van der Waals surface area contributed by atoms with E-state index in [-0.39, 0.29) is 47.1 Å². The van der Waals surface area contributed by atoms with E-state index in [9.17, 15) is 19.5 Å². The molecule has 3 unspecified atom stereocenters. The Morgan fingerprint density at radius 2 is 1.95 bits per heavy atom. The van der Waals surface area contributed by atoms with Gasteiger partial charge in [-0.25, -0.2) is 0 Å². The highest BCUT2D eigenvalue weighted by Crippen LogP contribution is 2.68. The number of carbonyl (C=O) groups is 3. The number of unbranched alkanes of at least 4 members (excludes halogenated alkanes) is 2. The van der Waals surface area contributed by atoms with Gasteiger partial charge >= 0.3 is 5.97 Å². The van der Waals surface area contributed by atoms with Crippen molar-refractivity contribution in [1.82, 2.24) is 9.80 Å². The number of thioether (sulfide) groups is 1. The summed E-state index contributed by atoms with van der Waals surface area (Å²) in [6, 6.07) is -0.453. The van der Waals surface area contributed by atoms with Gasteiger partial charge in [0, 0.05) is 35.8 Å². The van der Waals surface area contributed by atoms with Crippen molar-refractivity contribution < 1.29 is 24.2 Å². The first-order valence-electron chi connectivity index (χ1n) is 13.8. The zero-order valence-corrected chi connectivity index (χ0v) is 24.1. The molecule has 0 aromatic rings. The standard InChI is InChI=1S/C28H41BrN2O5S/c1-3-5-17-36-27(35)21-22-25(33)31(15-10-7-11-16-32)24(28(22)18-20(29)23(21)37-28)26(34)30(14-4-2)19-12-8-6-9-13-19/h3-4,19-24,32H,1-2,5-18H2/t20?,21-,22-,23-,24?,28?/m0/s1. The summed E-state index contributed by atoms with van der Waals surface area (Å²) >= 11 is 5.47. The molecule has 37 heavy (non-hydrogen) atoms. The number of rotatable bonds is 13. The number of nitrogens with zero attached hydrogens (tertiary/aromatic N) is 2. The molecule has 6 atom stereocenters. The Balaban J connectivity index is 1.67. The number of aliphatic hydroxyl groups is 1. The van der Waals surface area contributed by atoms with Gasteiger partial charge in [-0.05, 0) is 44.9 Å². The highest BCUT2D eigenvalue weighted by molar-refractivity contribution is 9.09. The van der Waals surface area contributed by atoms with Gasteiger partial charge in [0.15, 0.2) is 0 Å². The predicted octanol–water partition coefficient (Wildman–Crippen LogP) is 4.08. The van der Waals surface area contributed by atoms with Gasteiger partial charge in [0.2, 0.25) is 11.8 Å². The van der Waals surface area contributed by atoms with Gasteiger partial charge in [0.1, 0.15) is 6.04 Å². The van der Waals surface area contributed by atoms with Crippen molar-refractivity contribution in [3.63, 3.8) is 0 Å². The summed E-state index contributed by atoms with van der Waals surface area (Å²) in [7, 11) is 0. The van der Waals surface area contributed by atoms with Crippen molar-refractivity contribution in [3.05, 3.63) is 25.3 Å². The van der Waals surface area contributed by atoms with Crippen LogP contribution in [-0.4, -0.2) is 85.9 Å². The monoisotopic (exact) mass is 596 g/mol. The first-order chi connectivity index (χ1) is 17.9. The van der Waals surface area contributed by atoms with Gasteiger partial charge in [-0.3, -0.25) is 14.4 Å². The number of halogens is 1. The van der Waals surface area contributed by atoms with Crippen LogP contribution in [0.3, 0.4) is 0 Å². The van der Waals surface area contributed by atoms with Crippen molar-refractivity contribution in [1.29, 1.82) is 0 Å². The zero-order valence-electron chi connectivity index (χ0n) is 21.7. The number of amides is 2. The molecule has 0 aromatic carbocycles. The van der Waals surface area contributed by atoms with Crippen LogP contribution in [0.4, 0.5) is 0 Å². The van der Waals surface area contributed by atoms with Gasteiger partial charge < -0.3 is 19.6 Å². The lowest BCUT2D eigenvalue weighted by molar-refractivity contribution is -0.154. The normalized spacial score (nSPS) is 32.9. The van der Waals surface area contributed by atoms with E-state index in [0.717, 1.165) is 32.1 Å². The molecule has 3 heterocycles. The Morgan fingerprint density at radius 3 is 2.62 bits per heavy atom. The first kappa shape index (κ1) is 28.7. The molecule has 3 aliphatic heterocycles. The average Bonchev–Trinajstić information content (AvgIpc) is 3.49. The molecule has 4 fully saturated rings. The Morgan fingerprint density at radius 1 is 1.19 bits per heavy atom. The maximum atomic E-state index is 14.5. The first-order valence-corrected chi connectivity index (χ1v) is 15.6. The van der Waals surface area contributed by atoms with E-state index in [0.29, 0.717) is 38.8 Å². The number of alkyl halides is 1. The van der Waals surface area contributed by atoms with E-state index >= 15 is 0 Å². The Hall–Kier alpha value is -1.32. The number of ether oxygens (including phenoxy) is 1. The van der Waals surface area contributed by atoms with Crippen molar-refractivity contribution in [2.45, 2.75) is 91.1 Å². The summed E-state index contributed by atoms with van der Waals surface area (Å²) in [6.45, 7) is 8.89. The topological polar surface area (TPSA) is 87.1 Å². The molecule has 1 N–H and O–H groups in total. The molecular weight excluding hydrogens is 556 g/mol. The van der Waals surface area contributed by atoms with E-state index in [4.69, 9.17) is 4.74 Å². The second kappa shape index (κ2) is 12.7. The van der Waals surface area contributed by atoms with Gasteiger partial charge in [-0.1, -0.05) is 47.3 Å². The van der Waals surface area contributed by atoms with Crippen LogP contribution in [-0.2, 0) is 19.1 Å². The lowest BCUT2D eigenvalue weighted by Crippen LogP contribution is -2.57. The van der Waals surface area contributed by atoms with E-state index in [1.165, 1.54) is 6.42 Å². The molecule has 7 nitrogen and oxygen atoms in total. The van der Waals surface area contributed by atoms with E-state index in [1.54, 1.807) is 28.8 Å². The van der Waals surface area contributed by atoms with Crippen molar-refractivity contribution in [3.8, 4) is 0 Å². The van der Waals surface area contributed by atoms with Crippen LogP contribution < -0.4 is 0 Å². The van der Waals surface area contributed by atoms with Crippen LogP contribution >= 0.6 is 27.7 Å². The molecule has 0 radical (unpaired) electrons. The van der Waals surface area contributed by atoms with Crippen LogP contribution in [0.2, 0.25) is 0 Å². The summed E-state index contributed by atoms with van der Waals surface area (Å²) < 4.78 is 4.94. The Kier molecular flexibility index (Phi) is 9.84. The third-order valence-corrected chi connectivity index (χ3v) is 11.8. The van der Waals surface area contributed by atoms with Crippen molar-refractivity contribution in [2.75, 3.05) is 26.3 Å². The number of fused-ring (bicyclic) bond motifs is 1. The number of aliphatic hydroxyl groups excluding tert-OH is 1. The quantitative estimate of drug-likeness (QED) is 0.149. The number of likely N-dealkylation sites (tertiary alicyclic amines) is 1. The number of hydrogen-bond donors (Lipinski definition) is 1. The maximum absolute atomic E-state index is 14.5. The van der Waals surface area contributed by atoms with E-state index < -0.39 is 22.6 Å². The fourth-order valence-corrected chi connectivity index (χ4v) is 10.5. The maximum Gasteiger partial charge on any atom is 0.310 e. The highest BCUT2D eigenvalue weighted by Gasteiger charge is 2.76. The van der Waals surface area contributed by atoms with E-state index in [2.05, 4.69) is 29.1 Å². The summed E-state index contributed by atoms with van der Waals surface area (Å²) in [6.07, 6.45) is 12.2. The summed E-state index contributed by atoms with van der Waals surface area (Å²) in [5.41, 5.74) is 0. The van der Waals surface area contributed by atoms with Crippen molar-refractivity contribution in [2.24, 2.45) is 11.8 Å². The Bertz CT molecular complexity index is 881. The minimum Gasteiger partial charge on any atom is -0.465 e. The lowest BCUT2D eigenvalue weighted by atomic mass is 9.71. The van der Waals surface area contributed by atoms with Crippen LogP contribution in [0.15, 0.2) is 25.3 Å². The smallest absolute Gasteiger partial charge is 0.310 e. The molecule has 4 aliphatic rings. The molecule has 1 aliphatic carbocycles. The molecule has 1 spiro atoms. The van der Waals surface area contributed by atoms with Crippen LogP contribution in [0.25, 0.3) is 0 Å². The molecular formula is C28H41BrN2O5S.